The van der Waals surface area contributed by atoms with Crippen LogP contribution in [0.2, 0.25) is 0 Å². The second-order valence-electron chi connectivity index (χ2n) is 7.78. The molecule has 2 fully saturated rings. The molecule has 2 bridgehead atoms. The number of rotatable bonds is 4. The first-order valence-electron chi connectivity index (χ1n) is 9.93. The SMILES string of the molecule is O=c1cc(-c2ccc(-c3ccc(OC4CC5CCC(C4)N5)nn3)c(O)c2)cc[nH]1. The zero-order chi connectivity index (χ0) is 19.8. The Labute approximate surface area is 167 Å². The van der Waals surface area contributed by atoms with Crippen molar-refractivity contribution in [1.82, 2.24) is 20.5 Å². The predicted octanol–water partition coefficient (Wildman–Crippen LogP) is 2.87. The van der Waals surface area contributed by atoms with E-state index in [9.17, 15) is 9.90 Å². The minimum absolute atomic E-state index is 0.0840. The molecule has 3 N–H and O–H groups in total. The smallest absolute Gasteiger partial charge is 0.248 e. The molecule has 2 aliphatic heterocycles. The molecule has 0 saturated carbocycles. The van der Waals surface area contributed by atoms with Crippen molar-refractivity contribution >= 4 is 0 Å². The van der Waals surface area contributed by atoms with Gasteiger partial charge in [0, 0.05) is 36.0 Å². The molecular formula is C22H22N4O3. The standard InChI is InChI=1S/C22H22N4O3/c27-20-9-13(14-7-8-23-21(28)10-14)1-4-18(20)19-5-6-22(26-25-19)29-17-11-15-2-3-16(12-17)24-15/h1,4-10,15-17,24,27H,2-3,11-12H2,(H,23,28). The molecule has 0 spiro atoms. The van der Waals surface area contributed by atoms with Gasteiger partial charge in [-0.1, -0.05) is 6.07 Å². The van der Waals surface area contributed by atoms with Crippen LogP contribution in [0.5, 0.6) is 11.6 Å². The van der Waals surface area contributed by atoms with Gasteiger partial charge in [0.1, 0.15) is 11.9 Å². The number of nitrogens with zero attached hydrogens (tertiary/aromatic N) is 2. The highest BCUT2D eigenvalue weighted by Crippen LogP contribution is 2.33. The van der Waals surface area contributed by atoms with E-state index in [0.717, 1.165) is 24.0 Å². The maximum Gasteiger partial charge on any atom is 0.248 e. The molecule has 3 aromatic rings. The van der Waals surface area contributed by atoms with Crippen LogP contribution in [0.15, 0.2) is 53.5 Å². The minimum atomic E-state index is -0.186. The first-order chi connectivity index (χ1) is 14.1. The predicted molar refractivity (Wildman–Crippen MR) is 109 cm³/mol. The maximum atomic E-state index is 11.5. The van der Waals surface area contributed by atoms with E-state index >= 15 is 0 Å². The van der Waals surface area contributed by atoms with Crippen LogP contribution in [0.3, 0.4) is 0 Å². The number of H-pyrrole nitrogens is 1. The van der Waals surface area contributed by atoms with E-state index in [1.807, 2.05) is 6.07 Å². The molecule has 0 amide bonds. The molecule has 7 heteroatoms. The number of aromatic hydroxyl groups is 1. The average Bonchev–Trinajstić information content (AvgIpc) is 3.07. The molecule has 5 rings (SSSR count). The highest BCUT2D eigenvalue weighted by molar-refractivity contribution is 5.73. The van der Waals surface area contributed by atoms with Crippen molar-refractivity contribution in [2.75, 3.05) is 0 Å². The summed E-state index contributed by atoms with van der Waals surface area (Å²) in [6.07, 6.45) is 6.22. The monoisotopic (exact) mass is 390 g/mol. The van der Waals surface area contributed by atoms with E-state index in [1.165, 1.54) is 18.9 Å². The van der Waals surface area contributed by atoms with Crippen LogP contribution >= 0.6 is 0 Å². The highest BCUT2D eigenvalue weighted by Gasteiger charge is 2.34. The van der Waals surface area contributed by atoms with Gasteiger partial charge in [-0.05, 0) is 61.1 Å². The summed E-state index contributed by atoms with van der Waals surface area (Å²) in [6, 6.07) is 13.3. The topological polar surface area (TPSA) is 100 Å². The lowest BCUT2D eigenvalue weighted by Gasteiger charge is -2.28. The Hall–Kier alpha value is -3.19. The summed E-state index contributed by atoms with van der Waals surface area (Å²) in [6.45, 7) is 0. The number of benzene rings is 1. The molecule has 2 saturated heterocycles. The molecule has 7 nitrogen and oxygen atoms in total. The van der Waals surface area contributed by atoms with Crippen LogP contribution in [0.4, 0.5) is 0 Å². The average molecular weight is 390 g/mol. The maximum absolute atomic E-state index is 11.5. The minimum Gasteiger partial charge on any atom is -0.507 e. The van der Waals surface area contributed by atoms with E-state index in [0.29, 0.717) is 29.2 Å². The fourth-order valence-corrected chi connectivity index (χ4v) is 4.35. The summed E-state index contributed by atoms with van der Waals surface area (Å²) < 4.78 is 6.04. The third-order valence-corrected chi connectivity index (χ3v) is 5.74. The summed E-state index contributed by atoms with van der Waals surface area (Å²) in [5, 5.41) is 22.5. The fourth-order valence-electron chi connectivity index (χ4n) is 4.35. The number of hydrogen-bond donors (Lipinski definition) is 3. The van der Waals surface area contributed by atoms with Crippen LogP contribution < -0.4 is 15.6 Å². The van der Waals surface area contributed by atoms with E-state index < -0.39 is 0 Å². The Morgan fingerprint density at radius 1 is 0.966 bits per heavy atom. The quantitative estimate of drug-likeness (QED) is 0.633. The lowest BCUT2D eigenvalue weighted by Crippen LogP contribution is -2.42. The zero-order valence-corrected chi connectivity index (χ0v) is 15.8. The third kappa shape index (κ3) is 3.73. The van der Waals surface area contributed by atoms with Gasteiger partial charge in [-0.3, -0.25) is 4.79 Å². The molecule has 2 aliphatic rings. The molecule has 2 atom stereocenters. The number of pyridine rings is 1. The van der Waals surface area contributed by atoms with Crippen LogP contribution in [0, 0.1) is 0 Å². The van der Waals surface area contributed by atoms with E-state index in [1.54, 1.807) is 36.5 Å². The summed E-state index contributed by atoms with van der Waals surface area (Å²) in [7, 11) is 0. The number of hydrogen-bond acceptors (Lipinski definition) is 6. The summed E-state index contributed by atoms with van der Waals surface area (Å²) in [5.74, 6) is 0.598. The van der Waals surface area contributed by atoms with Crippen molar-refractivity contribution in [3.63, 3.8) is 0 Å². The zero-order valence-electron chi connectivity index (χ0n) is 15.8. The number of fused-ring (bicyclic) bond motifs is 2. The second-order valence-corrected chi connectivity index (χ2v) is 7.78. The Bertz CT molecular complexity index is 1070. The lowest BCUT2D eigenvalue weighted by molar-refractivity contribution is 0.130. The highest BCUT2D eigenvalue weighted by atomic mass is 16.5. The van der Waals surface area contributed by atoms with Gasteiger partial charge in [0.15, 0.2) is 0 Å². The molecule has 0 aliphatic carbocycles. The molecule has 29 heavy (non-hydrogen) atoms. The van der Waals surface area contributed by atoms with Crippen molar-refractivity contribution in [2.45, 2.75) is 43.9 Å². The van der Waals surface area contributed by atoms with Gasteiger partial charge in [0.25, 0.3) is 0 Å². The first kappa shape index (κ1) is 17.9. The summed E-state index contributed by atoms with van der Waals surface area (Å²) in [4.78, 5) is 14.1. The van der Waals surface area contributed by atoms with Crippen molar-refractivity contribution in [1.29, 1.82) is 0 Å². The van der Waals surface area contributed by atoms with E-state index in [4.69, 9.17) is 4.74 Å². The van der Waals surface area contributed by atoms with Crippen LogP contribution in [0.25, 0.3) is 22.4 Å². The Balaban J connectivity index is 1.32. The molecule has 2 unspecified atom stereocenters. The van der Waals surface area contributed by atoms with Gasteiger partial charge in [0.2, 0.25) is 11.4 Å². The molecule has 1 aromatic carbocycles. The van der Waals surface area contributed by atoms with Crippen LogP contribution in [-0.4, -0.2) is 38.5 Å². The molecular weight excluding hydrogens is 368 g/mol. The summed E-state index contributed by atoms with van der Waals surface area (Å²) >= 11 is 0. The number of aromatic nitrogens is 3. The Kier molecular flexibility index (Phi) is 4.52. The van der Waals surface area contributed by atoms with Crippen molar-refractivity contribution in [2.24, 2.45) is 0 Å². The number of aromatic amines is 1. The number of phenolic OH excluding ortho intramolecular Hbond substituents is 1. The Morgan fingerprint density at radius 2 is 1.76 bits per heavy atom. The van der Waals surface area contributed by atoms with Crippen molar-refractivity contribution in [3.05, 3.63) is 59.0 Å². The molecule has 148 valence electrons. The fraction of sp³-hybridized carbons (Fsp3) is 0.318. The third-order valence-electron chi connectivity index (χ3n) is 5.74. The molecule has 2 aromatic heterocycles. The van der Waals surface area contributed by atoms with Gasteiger partial charge >= 0.3 is 0 Å². The number of ether oxygens (including phenoxy) is 1. The van der Waals surface area contributed by atoms with Crippen molar-refractivity contribution in [3.8, 4) is 34.0 Å². The van der Waals surface area contributed by atoms with Crippen LogP contribution in [-0.2, 0) is 0 Å². The van der Waals surface area contributed by atoms with Gasteiger partial charge in [-0.15, -0.1) is 10.2 Å². The van der Waals surface area contributed by atoms with Gasteiger partial charge in [-0.2, -0.15) is 0 Å². The second kappa shape index (κ2) is 7.33. The van der Waals surface area contributed by atoms with Gasteiger partial charge in [-0.25, -0.2) is 0 Å². The largest absolute Gasteiger partial charge is 0.507 e. The first-order valence-corrected chi connectivity index (χ1v) is 9.93. The van der Waals surface area contributed by atoms with E-state index in [2.05, 4.69) is 20.5 Å². The molecule has 0 radical (unpaired) electrons. The van der Waals surface area contributed by atoms with Gasteiger partial charge < -0.3 is 20.1 Å². The molecule has 4 heterocycles. The lowest BCUT2D eigenvalue weighted by atomic mass is 10.0. The summed E-state index contributed by atoms with van der Waals surface area (Å²) in [5.41, 5.74) is 2.46. The number of nitrogens with one attached hydrogen (secondary N) is 2. The number of phenols is 1. The van der Waals surface area contributed by atoms with Gasteiger partial charge in [0.05, 0.1) is 5.69 Å². The van der Waals surface area contributed by atoms with Crippen molar-refractivity contribution < 1.29 is 9.84 Å². The number of piperidine rings is 1. The van der Waals surface area contributed by atoms with Crippen LogP contribution in [0.1, 0.15) is 25.7 Å². The normalized spacial score (nSPS) is 23.1. The Morgan fingerprint density at radius 3 is 2.45 bits per heavy atom. The van der Waals surface area contributed by atoms with E-state index in [-0.39, 0.29) is 17.4 Å².